The van der Waals surface area contributed by atoms with Crippen LogP contribution in [-0.4, -0.2) is 24.1 Å². The van der Waals surface area contributed by atoms with Crippen LogP contribution >= 0.6 is 11.3 Å². The molecule has 0 radical (unpaired) electrons. The predicted molar refractivity (Wildman–Crippen MR) is 106 cm³/mol. The van der Waals surface area contributed by atoms with Gasteiger partial charge in [0.2, 0.25) is 5.91 Å². The molecule has 0 bridgehead atoms. The molecule has 2 aromatic carbocycles. The van der Waals surface area contributed by atoms with E-state index in [0.29, 0.717) is 31.2 Å². The fourth-order valence-corrected chi connectivity index (χ4v) is 4.81. The fraction of sp³-hybridized carbons (Fsp3) is 0.333. The summed E-state index contributed by atoms with van der Waals surface area (Å²) < 4.78 is 19.9. The first-order chi connectivity index (χ1) is 13.0. The van der Waals surface area contributed by atoms with E-state index < -0.39 is 5.41 Å². The number of halogens is 1. The second-order valence-corrected chi connectivity index (χ2v) is 8.13. The number of nitrogens with one attached hydrogen (secondary N) is 1. The Morgan fingerprint density at radius 2 is 1.89 bits per heavy atom. The van der Waals surface area contributed by atoms with Crippen LogP contribution in [0.15, 0.2) is 36.4 Å². The van der Waals surface area contributed by atoms with Gasteiger partial charge in [0, 0.05) is 13.2 Å². The number of thiazole rings is 1. The molecular weight excluding hydrogens is 363 g/mol. The van der Waals surface area contributed by atoms with E-state index in [1.54, 1.807) is 12.1 Å². The topological polar surface area (TPSA) is 51.2 Å². The first-order valence-electron chi connectivity index (χ1n) is 9.01. The van der Waals surface area contributed by atoms with Crippen molar-refractivity contribution in [3.63, 3.8) is 0 Å². The molecule has 1 fully saturated rings. The number of fused-ring (bicyclic) bond motifs is 1. The van der Waals surface area contributed by atoms with Crippen molar-refractivity contribution in [3.8, 4) is 0 Å². The van der Waals surface area contributed by atoms with Crippen LogP contribution in [0.3, 0.4) is 0 Å². The molecule has 6 heteroatoms. The maximum Gasteiger partial charge on any atom is 0.236 e. The van der Waals surface area contributed by atoms with Crippen LogP contribution in [0.2, 0.25) is 0 Å². The van der Waals surface area contributed by atoms with E-state index in [1.165, 1.54) is 29.0 Å². The number of ether oxygens (including phenoxy) is 1. The van der Waals surface area contributed by atoms with Gasteiger partial charge < -0.3 is 10.1 Å². The Morgan fingerprint density at radius 1 is 1.19 bits per heavy atom. The number of aromatic nitrogens is 1. The summed E-state index contributed by atoms with van der Waals surface area (Å²) in [5.41, 5.74) is 3.28. The normalized spacial score (nSPS) is 16.4. The third-order valence-electron chi connectivity index (χ3n) is 5.23. The number of aryl methyl sites for hydroxylation is 2. The van der Waals surface area contributed by atoms with Gasteiger partial charge in [0.25, 0.3) is 0 Å². The minimum Gasteiger partial charge on any atom is -0.381 e. The molecule has 4 rings (SSSR count). The highest BCUT2D eigenvalue weighted by Crippen LogP contribution is 2.37. The Balaban J connectivity index is 1.68. The van der Waals surface area contributed by atoms with Crippen molar-refractivity contribution in [2.45, 2.75) is 32.1 Å². The third-order valence-corrected chi connectivity index (χ3v) is 6.15. The van der Waals surface area contributed by atoms with E-state index in [2.05, 4.69) is 29.4 Å². The van der Waals surface area contributed by atoms with Gasteiger partial charge in [-0.05, 0) is 61.6 Å². The summed E-state index contributed by atoms with van der Waals surface area (Å²) in [6.45, 7) is 5.08. The first-order valence-corrected chi connectivity index (χ1v) is 9.83. The van der Waals surface area contributed by atoms with Crippen LogP contribution in [0.5, 0.6) is 0 Å². The summed E-state index contributed by atoms with van der Waals surface area (Å²) in [5.74, 6) is -0.413. The monoisotopic (exact) mass is 384 g/mol. The third kappa shape index (κ3) is 3.35. The van der Waals surface area contributed by atoms with E-state index in [1.807, 2.05) is 6.92 Å². The van der Waals surface area contributed by atoms with Crippen LogP contribution < -0.4 is 5.32 Å². The zero-order valence-electron chi connectivity index (χ0n) is 15.3. The number of anilines is 1. The van der Waals surface area contributed by atoms with Crippen LogP contribution in [0, 0.1) is 19.7 Å². The molecule has 27 heavy (non-hydrogen) atoms. The molecule has 0 aliphatic carbocycles. The maximum atomic E-state index is 13.4. The number of hydrogen-bond acceptors (Lipinski definition) is 4. The van der Waals surface area contributed by atoms with Crippen LogP contribution in [0.1, 0.15) is 29.5 Å². The first kappa shape index (κ1) is 18.1. The smallest absolute Gasteiger partial charge is 0.236 e. The molecule has 1 aliphatic rings. The molecule has 1 aromatic heterocycles. The lowest BCUT2D eigenvalue weighted by molar-refractivity contribution is -0.125. The zero-order chi connectivity index (χ0) is 19.0. The number of carbonyl (C=O) groups is 1. The van der Waals surface area contributed by atoms with Crippen LogP contribution in [0.25, 0.3) is 10.2 Å². The summed E-state index contributed by atoms with van der Waals surface area (Å²) in [6, 6.07) is 10.4. The quantitative estimate of drug-likeness (QED) is 0.710. The van der Waals surface area contributed by atoms with Gasteiger partial charge in [-0.2, -0.15) is 0 Å². The van der Waals surface area contributed by atoms with E-state index in [4.69, 9.17) is 4.74 Å². The number of hydrogen-bond donors (Lipinski definition) is 1. The van der Waals surface area contributed by atoms with E-state index in [9.17, 15) is 9.18 Å². The largest absolute Gasteiger partial charge is 0.381 e. The van der Waals surface area contributed by atoms with Crippen molar-refractivity contribution in [1.82, 2.24) is 4.98 Å². The fourth-order valence-electron chi connectivity index (χ4n) is 3.78. The molecular formula is C21H21FN2O2S. The SMILES string of the molecule is Cc1cc(C)c2nc(NC(=O)C3(c4ccc(F)cc4)CCOCC3)sc2c1. The van der Waals surface area contributed by atoms with Crippen molar-refractivity contribution in [1.29, 1.82) is 0 Å². The average Bonchev–Trinajstić information content (AvgIpc) is 3.05. The van der Waals surface area contributed by atoms with Crippen molar-refractivity contribution in [2.24, 2.45) is 0 Å². The lowest BCUT2D eigenvalue weighted by Gasteiger charge is -2.35. The number of amides is 1. The molecule has 0 saturated carbocycles. The van der Waals surface area contributed by atoms with Gasteiger partial charge in [0.1, 0.15) is 5.82 Å². The highest BCUT2D eigenvalue weighted by atomic mass is 32.1. The molecule has 2 heterocycles. The van der Waals surface area contributed by atoms with Gasteiger partial charge in [-0.3, -0.25) is 4.79 Å². The van der Waals surface area contributed by atoms with Crippen LogP contribution in [0.4, 0.5) is 9.52 Å². The Morgan fingerprint density at radius 3 is 2.59 bits per heavy atom. The second kappa shape index (κ2) is 7.02. The highest BCUT2D eigenvalue weighted by molar-refractivity contribution is 7.22. The molecule has 4 nitrogen and oxygen atoms in total. The second-order valence-electron chi connectivity index (χ2n) is 7.10. The Hall–Kier alpha value is -2.31. The molecule has 3 aromatic rings. The lowest BCUT2D eigenvalue weighted by atomic mass is 9.73. The van der Waals surface area contributed by atoms with E-state index in [-0.39, 0.29) is 11.7 Å². The summed E-state index contributed by atoms with van der Waals surface area (Å²) in [5, 5.41) is 3.62. The minimum atomic E-state index is -0.727. The van der Waals surface area contributed by atoms with Crippen molar-refractivity contribution >= 4 is 32.6 Å². The summed E-state index contributed by atoms with van der Waals surface area (Å²) in [6.07, 6.45) is 1.13. The highest BCUT2D eigenvalue weighted by Gasteiger charge is 2.42. The molecule has 1 amide bonds. The molecule has 1 N–H and O–H groups in total. The number of benzene rings is 2. The number of nitrogens with zero attached hydrogens (tertiary/aromatic N) is 1. The standard InChI is InChI=1S/C21H21FN2O2S/c1-13-11-14(2)18-17(12-13)27-20(23-18)24-19(25)21(7-9-26-10-8-21)15-3-5-16(22)6-4-15/h3-6,11-12H,7-10H2,1-2H3,(H,23,24,25). The van der Waals surface area contributed by atoms with Gasteiger partial charge in [0.15, 0.2) is 5.13 Å². The summed E-state index contributed by atoms with van der Waals surface area (Å²) in [4.78, 5) is 17.9. The molecule has 1 saturated heterocycles. The van der Waals surface area contributed by atoms with Crippen LogP contribution in [-0.2, 0) is 14.9 Å². The van der Waals surface area contributed by atoms with E-state index >= 15 is 0 Å². The molecule has 1 aliphatic heterocycles. The van der Waals surface area contributed by atoms with Crippen molar-refractivity contribution in [3.05, 3.63) is 58.9 Å². The Bertz CT molecular complexity index is 991. The molecule has 0 spiro atoms. The van der Waals surface area contributed by atoms with Gasteiger partial charge in [-0.1, -0.05) is 29.5 Å². The average molecular weight is 384 g/mol. The molecule has 0 atom stereocenters. The molecule has 0 unspecified atom stereocenters. The number of rotatable bonds is 3. The summed E-state index contributed by atoms with van der Waals surface area (Å²) >= 11 is 1.48. The summed E-state index contributed by atoms with van der Waals surface area (Å²) in [7, 11) is 0. The van der Waals surface area contributed by atoms with Crippen molar-refractivity contribution in [2.75, 3.05) is 18.5 Å². The minimum absolute atomic E-state index is 0.106. The maximum absolute atomic E-state index is 13.4. The van der Waals surface area contributed by atoms with Gasteiger partial charge >= 0.3 is 0 Å². The van der Waals surface area contributed by atoms with Crippen molar-refractivity contribution < 1.29 is 13.9 Å². The molecule has 140 valence electrons. The van der Waals surface area contributed by atoms with Gasteiger partial charge in [-0.25, -0.2) is 9.37 Å². The Labute approximate surface area is 161 Å². The van der Waals surface area contributed by atoms with Gasteiger partial charge in [0.05, 0.1) is 15.6 Å². The lowest BCUT2D eigenvalue weighted by Crippen LogP contribution is -2.44. The zero-order valence-corrected chi connectivity index (χ0v) is 16.2. The van der Waals surface area contributed by atoms with Gasteiger partial charge in [-0.15, -0.1) is 0 Å². The number of carbonyl (C=O) groups excluding carboxylic acids is 1. The van der Waals surface area contributed by atoms with E-state index in [0.717, 1.165) is 21.3 Å². The Kier molecular flexibility index (Phi) is 4.70. The predicted octanol–water partition coefficient (Wildman–Crippen LogP) is 4.74.